The van der Waals surface area contributed by atoms with Crippen LogP contribution in [0.1, 0.15) is 20.8 Å². The Morgan fingerprint density at radius 2 is 0.862 bits per heavy atom. The Morgan fingerprint density at radius 1 is 0.621 bits per heavy atom. The summed E-state index contributed by atoms with van der Waals surface area (Å²) in [6.45, 7) is 3.95. The lowest BCUT2D eigenvalue weighted by molar-refractivity contribution is -0.135. The van der Waals surface area contributed by atoms with Crippen LogP contribution in [0.4, 0.5) is 0 Å². The molecular weight excluding hydrogens is 407 g/mol. The number of phosphoric ester groups is 1. The summed E-state index contributed by atoms with van der Waals surface area (Å²) in [7, 11) is -0.458. The zero-order chi connectivity index (χ0) is 22.4. The van der Waals surface area contributed by atoms with Gasteiger partial charge in [0.15, 0.2) is 0 Å². The first kappa shape index (κ1) is 26.7. The highest BCUT2D eigenvalue weighted by Crippen LogP contribution is 2.50. The molecule has 0 rings (SSSR count). The Labute approximate surface area is 170 Å². The molecule has 0 atom stereocenters. The molecule has 0 unspecified atom stereocenters. The van der Waals surface area contributed by atoms with Gasteiger partial charge < -0.3 is 14.2 Å². The van der Waals surface area contributed by atoms with Crippen molar-refractivity contribution in [2.75, 3.05) is 41.2 Å². The molecule has 0 aliphatic rings. The van der Waals surface area contributed by atoms with Gasteiger partial charge in [-0.15, -0.1) is 0 Å². The highest BCUT2D eigenvalue weighted by molar-refractivity contribution is 7.48. The van der Waals surface area contributed by atoms with Crippen molar-refractivity contribution in [3.05, 3.63) is 34.9 Å². The lowest BCUT2D eigenvalue weighted by atomic mass is 10.3. The van der Waals surface area contributed by atoms with Gasteiger partial charge in [0.2, 0.25) is 0 Å². The van der Waals surface area contributed by atoms with Gasteiger partial charge in [-0.25, -0.2) is 18.9 Å². The van der Waals surface area contributed by atoms with Crippen molar-refractivity contribution in [2.45, 2.75) is 20.8 Å². The van der Waals surface area contributed by atoms with Gasteiger partial charge in [0.1, 0.15) is 0 Å². The Balaban J connectivity index is 5.22. The van der Waals surface area contributed by atoms with Crippen LogP contribution in [0.5, 0.6) is 0 Å². The number of methoxy groups -OCH3 is 3. The van der Waals surface area contributed by atoms with Gasteiger partial charge in [-0.05, 0) is 37.5 Å². The fraction of sp³-hybridized carbons (Fsp3) is 0.500. The zero-order valence-electron chi connectivity index (χ0n) is 17.4. The molecule has 0 amide bonds. The topological polar surface area (TPSA) is 124 Å². The zero-order valence-corrected chi connectivity index (χ0v) is 18.3. The Kier molecular flexibility index (Phi) is 12.8. The van der Waals surface area contributed by atoms with Gasteiger partial charge >= 0.3 is 25.7 Å². The van der Waals surface area contributed by atoms with E-state index in [0.29, 0.717) is 16.7 Å². The first-order chi connectivity index (χ1) is 13.5. The molecule has 0 N–H and O–H groups in total. The molecule has 0 aromatic heterocycles. The standard InChI is InChI=1S/C18H27O10P/c1-13(7-16(19)23-4)10-26-29(22,27-11-14(2)8-17(20)24-5)28-12-15(3)9-18(21)25-6/h7-9H,10-12H2,1-6H3/b13-7+,14-8+,15-9+. The molecule has 0 fully saturated rings. The van der Waals surface area contributed by atoms with Crippen LogP contribution in [0.3, 0.4) is 0 Å². The van der Waals surface area contributed by atoms with E-state index >= 15 is 0 Å². The van der Waals surface area contributed by atoms with Crippen LogP contribution < -0.4 is 0 Å². The number of hydrogen-bond acceptors (Lipinski definition) is 10. The van der Waals surface area contributed by atoms with Crippen molar-refractivity contribution in [1.29, 1.82) is 0 Å². The van der Waals surface area contributed by atoms with Crippen molar-refractivity contribution in [2.24, 2.45) is 0 Å². The predicted molar refractivity (Wildman–Crippen MR) is 103 cm³/mol. The van der Waals surface area contributed by atoms with Gasteiger partial charge in [0, 0.05) is 18.2 Å². The monoisotopic (exact) mass is 434 g/mol. The van der Waals surface area contributed by atoms with Crippen molar-refractivity contribution in [3.63, 3.8) is 0 Å². The minimum atomic E-state index is -4.12. The quantitative estimate of drug-likeness (QED) is 0.196. The van der Waals surface area contributed by atoms with Crippen LogP contribution in [-0.4, -0.2) is 59.1 Å². The Morgan fingerprint density at radius 3 is 1.07 bits per heavy atom. The van der Waals surface area contributed by atoms with Gasteiger partial charge in [-0.3, -0.25) is 13.6 Å². The van der Waals surface area contributed by atoms with Crippen LogP contribution >= 0.6 is 7.82 Å². The SMILES string of the molecule is COC(=O)/C=C(\C)COP(=O)(OC/C(C)=C/C(=O)OC)OC/C(C)=C/C(=O)OC. The first-order valence-electron chi connectivity index (χ1n) is 8.34. The molecule has 0 radical (unpaired) electrons. The molecule has 164 valence electrons. The minimum Gasteiger partial charge on any atom is -0.466 e. The number of phosphoric acid groups is 1. The number of ether oxygens (including phenoxy) is 3. The average Bonchev–Trinajstić information content (AvgIpc) is 2.69. The largest absolute Gasteiger partial charge is 0.475 e. The summed E-state index contributed by atoms with van der Waals surface area (Å²) >= 11 is 0. The number of hydrogen-bond donors (Lipinski definition) is 0. The van der Waals surface area contributed by atoms with Crippen LogP contribution in [0, 0.1) is 0 Å². The summed E-state index contributed by atoms with van der Waals surface area (Å²) in [6, 6.07) is 0. The van der Waals surface area contributed by atoms with Crippen molar-refractivity contribution >= 4 is 25.7 Å². The number of carbonyl (C=O) groups excluding carboxylic acids is 3. The smallest absolute Gasteiger partial charge is 0.466 e. The molecule has 29 heavy (non-hydrogen) atoms. The summed E-state index contributed by atoms with van der Waals surface area (Å²) in [6.07, 6.45) is 3.49. The van der Waals surface area contributed by atoms with E-state index in [9.17, 15) is 18.9 Å². The molecule has 11 heteroatoms. The van der Waals surface area contributed by atoms with E-state index in [1.807, 2.05) is 0 Å². The minimum absolute atomic E-state index is 0.244. The van der Waals surface area contributed by atoms with E-state index in [4.69, 9.17) is 13.6 Å². The van der Waals surface area contributed by atoms with Crippen LogP contribution in [0.2, 0.25) is 0 Å². The van der Waals surface area contributed by atoms with E-state index in [2.05, 4.69) is 14.2 Å². The second-order valence-corrected chi connectivity index (χ2v) is 7.48. The summed E-state index contributed by atoms with van der Waals surface area (Å²) in [5.74, 6) is -1.80. The number of esters is 3. The number of carbonyl (C=O) groups is 3. The molecule has 0 bridgehead atoms. The molecule has 0 aliphatic heterocycles. The maximum atomic E-state index is 12.9. The van der Waals surface area contributed by atoms with Crippen LogP contribution in [0.15, 0.2) is 34.9 Å². The average molecular weight is 434 g/mol. The van der Waals surface area contributed by atoms with E-state index < -0.39 is 25.7 Å². The van der Waals surface area contributed by atoms with E-state index in [0.717, 1.165) is 18.2 Å². The van der Waals surface area contributed by atoms with Crippen molar-refractivity contribution in [1.82, 2.24) is 0 Å². The van der Waals surface area contributed by atoms with E-state index in [1.54, 1.807) is 20.8 Å². The Bertz CT molecular complexity index is 625. The van der Waals surface area contributed by atoms with Gasteiger partial charge in [0.05, 0.1) is 41.2 Å². The maximum absolute atomic E-state index is 12.9. The molecule has 0 aliphatic carbocycles. The highest BCUT2D eigenvalue weighted by Gasteiger charge is 2.27. The third kappa shape index (κ3) is 12.7. The summed E-state index contributed by atoms with van der Waals surface area (Å²) in [5, 5.41) is 0. The van der Waals surface area contributed by atoms with E-state index in [1.165, 1.54) is 21.3 Å². The molecular formula is C18H27O10P. The molecule has 10 nitrogen and oxygen atoms in total. The third-order valence-corrected chi connectivity index (χ3v) is 4.38. The lowest BCUT2D eigenvalue weighted by Crippen LogP contribution is -2.08. The van der Waals surface area contributed by atoms with Crippen LogP contribution in [-0.2, 0) is 46.7 Å². The highest BCUT2D eigenvalue weighted by atomic mass is 31.2. The third-order valence-electron chi connectivity index (χ3n) is 3.05. The van der Waals surface area contributed by atoms with Crippen molar-refractivity contribution in [3.8, 4) is 0 Å². The second-order valence-electron chi connectivity index (χ2n) is 5.81. The Hall–Kier alpha value is -2.26. The van der Waals surface area contributed by atoms with Gasteiger partial charge in [-0.2, -0.15) is 0 Å². The molecule has 0 saturated heterocycles. The summed E-state index contributed by atoms with van der Waals surface area (Å²) in [5.41, 5.74) is 1.23. The van der Waals surface area contributed by atoms with Crippen LogP contribution in [0.25, 0.3) is 0 Å². The maximum Gasteiger partial charge on any atom is 0.475 e. The lowest BCUT2D eigenvalue weighted by Gasteiger charge is -2.18. The fourth-order valence-corrected chi connectivity index (χ4v) is 2.87. The molecule has 0 saturated carbocycles. The summed E-state index contributed by atoms with van der Waals surface area (Å²) in [4.78, 5) is 33.8. The van der Waals surface area contributed by atoms with Gasteiger partial charge in [-0.1, -0.05) is 0 Å². The molecule has 0 spiro atoms. The predicted octanol–water partition coefficient (Wildman–Crippen LogP) is 2.50. The van der Waals surface area contributed by atoms with Gasteiger partial charge in [0.25, 0.3) is 0 Å². The second kappa shape index (κ2) is 13.8. The molecule has 0 aromatic rings. The normalized spacial score (nSPS) is 13.1. The number of rotatable bonds is 12. The fourth-order valence-electron chi connectivity index (χ4n) is 1.56. The van der Waals surface area contributed by atoms with E-state index in [-0.39, 0.29) is 19.8 Å². The summed E-state index contributed by atoms with van der Waals surface area (Å²) < 4.78 is 42.1. The van der Waals surface area contributed by atoms with Crippen molar-refractivity contribution < 1.29 is 46.7 Å². The molecule has 0 heterocycles. The first-order valence-corrected chi connectivity index (χ1v) is 9.80. The molecule has 0 aromatic carbocycles.